The first-order chi connectivity index (χ1) is 11.8. The number of benzene rings is 2. The number of carbonyl (C=O) groups excluding carboxylic acids is 1. The van der Waals surface area contributed by atoms with Crippen molar-refractivity contribution in [1.29, 1.82) is 0 Å². The van der Waals surface area contributed by atoms with Gasteiger partial charge in [-0.15, -0.1) is 0 Å². The Morgan fingerprint density at radius 3 is 1.75 bits per heavy atom. The summed E-state index contributed by atoms with van der Waals surface area (Å²) in [6.07, 6.45) is 4.23. The monoisotopic (exact) mass is 318 g/mol. The topological polar surface area (TPSA) is 17.1 Å². The Hall–Kier alpha value is -2.15. The first kappa shape index (κ1) is 16.7. The molecule has 0 N–H and O–H groups in total. The molecular weight excluding hydrogens is 292 g/mol. The largest absolute Gasteiger partial charge is 0.294 e. The molecule has 0 saturated carbocycles. The van der Waals surface area contributed by atoms with Gasteiger partial charge < -0.3 is 0 Å². The Balaban J connectivity index is 2.19. The summed E-state index contributed by atoms with van der Waals surface area (Å²) in [6.45, 7) is 4.40. The molecule has 124 valence electrons. The molecule has 2 aromatic rings. The molecule has 0 fully saturated rings. The van der Waals surface area contributed by atoms with Gasteiger partial charge in [0.1, 0.15) is 0 Å². The average molecular weight is 318 g/mol. The number of carbonyl (C=O) groups is 1. The highest BCUT2D eigenvalue weighted by atomic mass is 16.1. The first-order valence-electron chi connectivity index (χ1n) is 9.17. The third kappa shape index (κ3) is 3.08. The maximum atomic E-state index is 13.3. The van der Waals surface area contributed by atoms with Gasteiger partial charge in [-0.25, -0.2) is 0 Å². The lowest BCUT2D eigenvalue weighted by Crippen LogP contribution is -2.17. The van der Waals surface area contributed by atoms with Crippen LogP contribution in [0, 0.1) is 11.8 Å². The van der Waals surface area contributed by atoms with Crippen molar-refractivity contribution in [2.75, 3.05) is 0 Å². The van der Waals surface area contributed by atoms with E-state index >= 15 is 0 Å². The van der Waals surface area contributed by atoms with Gasteiger partial charge in [-0.2, -0.15) is 0 Å². The SMILES string of the molecule is CCC[C@H]1C(=O)C(c2ccccc2)=C(c2ccccc2)[C@@H]1CCC. The third-order valence-electron chi connectivity index (χ3n) is 5.06. The molecule has 0 unspecified atom stereocenters. The van der Waals surface area contributed by atoms with Gasteiger partial charge in [-0.1, -0.05) is 87.4 Å². The van der Waals surface area contributed by atoms with Gasteiger partial charge in [0.05, 0.1) is 0 Å². The second-order valence-electron chi connectivity index (χ2n) is 6.68. The highest BCUT2D eigenvalue weighted by molar-refractivity contribution is 6.32. The van der Waals surface area contributed by atoms with Crippen LogP contribution in [-0.2, 0) is 4.79 Å². The minimum absolute atomic E-state index is 0.139. The van der Waals surface area contributed by atoms with Crippen molar-refractivity contribution in [2.45, 2.75) is 39.5 Å². The lowest BCUT2D eigenvalue weighted by Gasteiger charge is -2.21. The van der Waals surface area contributed by atoms with Crippen molar-refractivity contribution in [3.8, 4) is 0 Å². The van der Waals surface area contributed by atoms with Crippen LogP contribution in [0.5, 0.6) is 0 Å². The quantitative estimate of drug-likeness (QED) is 0.637. The molecule has 24 heavy (non-hydrogen) atoms. The zero-order valence-electron chi connectivity index (χ0n) is 14.7. The van der Waals surface area contributed by atoms with Crippen LogP contribution >= 0.6 is 0 Å². The van der Waals surface area contributed by atoms with E-state index in [1.54, 1.807) is 0 Å². The van der Waals surface area contributed by atoms with E-state index in [1.807, 2.05) is 24.3 Å². The van der Waals surface area contributed by atoms with Crippen LogP contribution in [0.1, 0.15) is 50.7 Å². The second-order valence-corrected chi connectivity index (χ2v) is 6.68. The minimum Gasteiger partial charge on any atom is -0.294 e. The van der Waals surface area contributed by atoms with Crippen LogP contribution in [0.4, 0.5) is 0 Å². The van der Waals surface area contributed by atoms with Crippen molar-refractivity contribution in [3.05, 3.63) is 71.8 Å². The van der Waals surface area contributed by atoms with E-state index in [2.05, 4.69) is 50.2 Å². The lowest BCUT2D eigenvalue weighted by atomic mass is 9.82. The van der Waals surface area contributed by atoms with Crippen LogP contribution in [0.2, 0.25) is 0 Å². The molecule has 1 nitrogen and oxygen atoms in total. The van der Waals surface area contributed by atoms with Crippen LogP contribution < -0.4 is 0 Å². The summed E-state index contributed by atoms with van der Waals surface area (Å²) in [4.78, 5) is 13.3. The Labute approximate surface area is 145 Å². The third-order valence-corrected chi connectivity index (χ3v) is 5.06. The smallest absolute Gasteiger partial charge is 0.167 e. The summed E-state index contributed by atoms with van der Waals surface area (Å²) in [7, 11) is 0. The standard InChI is InChI=1S/C23H26O/c1-3-11-19-20(12-4-2)23(24)22(18-15-9-6-10-16-18)21(19)17-13-7-5-8-14-17/h5-10,13-16,19-20H,3-4,11-12H2,1-2H3/t19-,20-/m1/s1. The Morgan fingerprint density at radius 2 is 1.21 bits per heavy atom. The second kappa shape index (κ2) is 7.61. The Kier molecular flexibility index (Phi) is 5.30. The molecule has 0 spiro atoms. The number of Topliss-reactive ketones (excluding diaryl/α,β-unsaturated/α-hetero) is 1. The molecule has 0 radical (unpaired) electrons. The van der Waals surface area contributed by atoms with Crippen molar-refractivity contribution in [1.82, 2.24) is 0 Å². The van der Waals surface area contributed by atoms with Gasteiger partial charge in [0.25, 0.3) is 0 Å². The fourth-order valence-corrected chi connectivity index (χ4v) is 4.07. The molecule has 0 aromatic heterocycles. The minimum atomic E-state index is 0.139. The molecule has 3 rings (SSSR count). The summed E-state index contributed by atoms with van der Waals surface area (Å²) in [5, 5.41) is 0. The van der Waals surface area contributed by atoms with E-state index in [9.17, 15) is 4.79 Å². The maximum Gasteiger partial charge on any atom is 0.167 e. The van der Waals surface area contributed by atoms with Crippen molar-refractivity contribution < 1.29 is 4.79 Å². The number of ketones is 1. The van der Waals surface area contributed by atoms with Crippen LogP contribution in [0.25, 0.3) is 11.1 Å². The molecule has 2 atom stereocenters. The molecule has 0 saturated heterocycles. The number of allylic oxidation sites excluding steroid dienone is 2. The number of rotatable bonds is 6. The van der Waals surface area contributed by atoms with Gasteiger partial charge in [0.2, 0.25) is 0 Å². The van der Waals surface area contributed by atoms with Crippen molar-refractivity contribution >= 4 is 16.9 Å². The molecule has 0 aliphatic heterocycles. The van der Waals surface area contributed by atoms with Gasteiger partial charge >= 0.3 is 0 Å². The number of hydrogen-bond donors (Lipinski definition) is 0. The fraction of sp³-hybridized carbons (Fsp3) is 0.348. The van der Waals surface area contributed by atoms with Crippen LogP contribution in [0.15, 0.2) is 60.7 Å². The van der Waals surface area contributed by atoms with Crippen molar-refractivity contribution in [3.63, 3.8) is 0 Å². The van der Waals surface area contributed by atoms with Gasteiger partial charge in [0, 0.05) is 11.5 Å². The van der Waals surface area contributed by atoms with E-state index in [0.717, 1.165) is 36.8 Å². The van der Waals surface area contributed by atoms with E-state index in [4.69, 9.17) is 0 Å². The first-order valence-corrected chi connectivity index (χ1v) is 9.17. The zero-order valence-corrected chi connectivity index (χ0v) is 14.7. The molecule has 1 heteroatoms. The summed E-state index contributed by atoms with van der Waals surface area (Å²) in [5.74, 6) is 0.834. The maximum absolute atomic E-state index is 13.3. The zero-order chi connectivity index (χ0) is 16.9. The highest BCUT2D eigenvalue weighted by Gasteiger charge is 2.41. The summed E-state index contributed by atoms with van der Waals surface area (Å²) < 4.78 is 0. The lowest BCUT2D eigenvalue weighted by molar-refractivity contribution is -0.117. The molecule has 0 amide bonds. The van der Waals surface area contributed by atoms with E-state index < -0.39 is 0 Å². The molecule has 1 aliphatic rings. The van der Waals surface area contributed by atoms with Gasteiger partial charge in [0.15, 0.2) is 5.78 Å². The van der Waals surface area contributed by atoms with Crippen LogP contribution in [-0.4, -0.2) is 5.78 Å². The molecular formula is C23H26O. The average Bonchev–Trinajstić information content (AvgIpc) is 2.90. The predicted molar refractivity (Wildman–Crippen MR) is 102 cm³/mol. The molecule has 0 bridgehead atoms. The molecule has 0 heterocycles. The van der Waals surface area contributed by atoms with Gasteiger partial charge in [-0.3, -0.25) is 4.79 Å². The number of hydrogen-bond acceptors (Lipinski definition) is 1. The van der Waals surface area contributed by atoms with Crippen LogP contribution in [0.3, 0.4) is 0 Å². The van der Waals surface area contributed by atoms with Gasteiger partial charge in [-0.05, 0) is 35.5 Å². The summed E-state index contributed by atoms with van der Waals surface area (Å²) in [6, 6.07) is 20.7. The fourth-order valence-electron chi connectivity index (χ4n) is 4.07. The Morgan fingerprint density at radius 1 is 0.708 bits per heavy atom. The molecule has 1 aliphatic carbocycles. The molecule has 2 aromatic carbocycles. The normalized spacial score (nSPS) is 20.7. The van der Waals surface area contributed by atoms with E-state index in [1.165, 1.54) is 11.1 Å². The summed E-state index contributed by atoms with van der Waals surface area (Å²) in [5.41, 5.74) is 4.51. The van der Waals surface area contributed by atoms with Crippen molar-refractivity contribution in [2.24, 2.45) is 11.8 Å². The van der Waals surface area contributed by atoms with E-state index in [0.29, 0.717) is 11.7 Å². The summed E-state index contributed by atoms with van der Waals surface area (Å²) >= 11 is 0. The van der Waals surface area contributed by atoms with E-state index in [-0.39, 0.29) is 5.92 Å². The Bertz CT molecular complexity index is 712. The highest BCUT2D eigenvalue weighted by Crippen LogP contribution is 2.48. The predicted octanol–water partition coefficient (Wildman–Crippen LogP) is 6.01.